The van der Waals surface area contributed by atoms with Crippen molar-refractivity contribution in [2.24, 2.45) is 0 Å². The van der Waals surface area contributed by atoms with Crippen LogP contribution in [0.4, 0.5) is 19.3 Å². The van der Waals surface area contributed by atoms with Gasteiger partial charge in [0.1, 0.15) is 11.6 Å². The summed E-state index contributed by atoms with van der Waals surface area (Å²) in [5.74, 6) is -1.27. The second-order valence-electron chi connectivity index (χ2n) is 6.54. The second kappa shape index (κ2) is 6.87. The quantitative estimate of drug-likeness (QED) is 0.660. The third kappa shape index (κ3) is 3.07. The number of hydrogen-bond donors (Lipinski definition) is 1. The van der Waals surface area contributed by atoms with E-state index in [0.29, 0.717) is 13.0 Å². The predicted octanol–water partition coefficient (Wildman–Crippen LogP) is 5.25. The zero-order chi connectivity index (χ0) is 19.0. The maximum atomic E-state index is 14.0. The Balaban J connectivity index is 1.74. The zero-order valence-corrected chi connectivity index (χ0v) is 14.8. The van der Waals surface area contributed by atoms with Gasteiger partial charge in [0, 0.05) is 18.0 Å². The first-order valence-electron chi connectivity index (χ1n) is 8.86. The number of nitrogens with one attached hydrogen (secondary N) is 1. The van der Waals surface area contributed by atoms with Crippen molar-refractivity contribution < 1.29 is 13.6 Å². The number of benzene rings is 2. The first-order chi connectivity index (χ1) is 13.1. The first-order valence-corrected chi connectivity index (χ1v) is 8.86. The molecule has 0 saturated carbocycles. The third-order valence-electron chi connectivity index (χ3n) is 4.91. The molecule has 0 fully saturated rings. The minimum Gasteiger partial charge on any atom is -0.318 e. The molecule has 27 heavy (non-hydrogen) atoms. The minimum atomic E-state index is -0.670. The molecule has 3 aromatic rings. The first kappa shape index (κ1) is 17.3. The molecular weight excluding hydrogens is 348 g/mol. The summed E-state index contributed by atoms with van der Waals surface area (Å²) in [6.07, 6.45) is 2.67. The molecule has 1 N–H and O–H groups in total. The van der Waals surface area contributed by atoms with Crippen LogP contribution in [-0.2, 0) is 6.54 Å². The topological polar surface area (TPSA) is 37.3 Å². The number of rotatable bonds is 2. The van der Waals surface area contributed by atoms with Crippen molar-refractivity contribution in [2.45, 2.75) is 25.9 Å². The number of fused-ring (bicyclic) bond motifs is 3. The van der Waals surface area contributed by atoms with Crippen LogP contribution in [0.3, 0.4) is 0 Å². The lowest BCUT2D eigenvalue weighted by atomic mass is 10.1. The number of aromatic nitrogens is 1. The highest BCUT2D eigenvalue weighted by molar-refractivity contribution is 5.90. The Bertz CT molecular complexity index is 999. The summed E-state index contributed by atoms with van der Waals surface area (Å²) in [5, 5.41) is 2.53. The van der Waals surface area contributed by atoms with Crippen molar-refractivity contribution in [3.63, 3.8) is 0 Å². The largest absolute Gasteiger partial charge is 0.322 e. The number of anilines is 1. The third-order valence-corrected chi connectivity index (χ3v) is 4.91. The van der Waals surface area contributed by atoms with Crippen molar-refractivity contribution in [3.8, 4) is 5.69 Å². The van der Waals surface area contributed by atoms with E-state index in [1.807, 2.05) is 49.5 Å². The molecule has 0 saturated heterocycles. The van der Waals surface area contributed by atoms with Gasteiger partial charge in [-0.15, -0.1) is 0 Å². The molecule has 2 amide bonds. The number of para-hydroxylation sites is 1. The van der Waals surface area contributed by atoms with Gasteiger partial charge in [0.15, 0.2) is 0 Å². The fourth-order valence-corrected chi connectivity index (χ4v) is 3.64. The minimum absolute atomic E-state index is 0.164. The van der Waals surface area contributed by atoms with Crippen LogP contribution in [0, 0.1) is 11.6 Å². The van der Waals surface area contributed by atoms with Gasteiger partial charge in [0.05, 0.1) is 24.0 Å². The van der Waals surface area contributed by atoms with Crippen molar-refractivity contribution >= 4 is 11.7 Å². The van der Waals surface area contributed by atoms with E-state index in [1.54, 1.807) is 4.90 Å². The van der Waals surface area contributed by atoms with Gasteiger partial charge in [-0.3, -0.25) is 0 Å². The monoisotopic (exact) mass is 367 g/mol. The van der Waals surface area contributed by atoms with Gasteiger partial charge in [-0.1, -0.05) is 25.1 Å². The molecular formula is C21H19F2N3O. The van der Waals surface area contributed by atoms with Crippen molar-refractivity contribution in [3.05, 3.63) is 83.7 Å². The number of carbonyl (C=O) groups excluding carboxylic acids is 1. The highest BCUT2D eigenvalue weighted by Gasteiger charge is 2.30. The van der Waals surface area contributed by atoms with Gasteiger partial charge in [-0.05, 0) is 42.3 Å². The fourth-order valence-electron chi connectivity index (χ4n) is 3.64. The van der Waals surface area contributed by atoms with E-state index in [4.69, 9.17) is 0 Å². The van der Waals surface area contributed by atoms with Crippen LogP contribution in [0.5, 0.6) is 0 Å². The maximum Gasteiger partial charge on any atom is 0.322 e. The van der Waals surface area contributed by atoms with E-state index in [-0.39, 0.29) is 11.7 Å². The van der Waals surface area contributed by atoms with E-state index in [9.17, 15) is 13.6 Å². The molecule has 4 nitrogen and oxygen atoms in total. The fraction of sp³-hybridized carbons (Fsp3) is 0.190. The van der Waals surface area contributed by atoms with E-state index < -0.39 is 17.7 Å². The molecule has 0 unspecified atom stereocenters. The van der Waals surface area contributed by atoms with Gasteiger partial charge in [0.25, 0.3) is 0 Å². The molecule has 1 atom stereocenters. The molecule has 2 heterocycles. The molecule has 4 rings (SSSR count). The van der Waals surface area contributed by atoms with E-state index >= 15 is 0 Å². The Labute approximate surface area is 156 Å². The van der Waals surface area contributed by atoms with Gasteiger partial charge in [-0.2, -0.15) is 0 Å². The van der Waals surface area contributed by atoms with Crippen LogP contribution in [0.1, 0.15) is 30.6 Å². The smallest absolute Gasteiger partial charge is 0.318 e. The molecule has 0 radical (unpaired) electrons. The number of urea groups is 1. The standard InChI is InChI=1S/C21H19F2N3O/c1-2-18-20-8-5-11-25(20)19-7-4-3-6-14(19)13-26(18)21(27)24-17-12-15(22)9-10-16(17)23/h3-12,18H,2,13H2,1H3,(H,24,27)/t18-/m1/s1. The lowest BCUT2D eigenvalue weighted by molar-refractivity contribution is 0.181. The number of nitrogens with zero attached hydrogens (tertiary/aromatic N) is 2. The molecule has 1 aliphatic rings. The summed E-state index contributed by atoms with van der Waals surface area (Å²) in [6.45, 7) is 2.38. The molecule has 0 aliphatic carbocycles. The molecule has 2 aromatic carbocycles. The highest BCUT2D eigenvalue weighted by atomic mass is 19.1. The number of carbonyl (C=O) groups is 1. The van der Waals surface area contributed by atoms with E-state index in [1.165, 1.54) is 0 Å². The Hall–Kier alpha value is -3.15. The maximum absolute atomic E-state index is 14.0. The number of hydrogen-bond acceptors (Lipinski definition) is 1. The summed E-state index contributed by atoms with van der Waals surface area (Å²) in [6, 6.07) is 14.2. The normalized spacial score (nSPS) is 15.7. The Kier molecular flexibility index (Phi) is 4.39. The van der Waals surface area contributed by atoms with Crippen LogP contribution in [0.2, 0.25) is 0 Å². The summed E-state index contributed by atoms with van der Waals surface area (Å²) in [4.78, 5) is 14.7. The lowest BCUT2D eigenvalue weighted by Gasteiger charge is -2.29. The Morgan fingerprint density at radius 1 is 1.15 bits per heavy atom. The summed E-state index contributed by atoms with van der Waals surface area (Å²) >= 11 is 0. The van der Waals surface area contributed by atoms with Gasteiger partial charge >= 0.3 is 6.03 Å². The number of amides is 2. The lowest BCUT2D eigenvalue weighted by Crippen LogP contribution is -2.37. The second-order valence-corrected chi connectivity index (χ2v) is 6.54. The summed E-state index contributed by atoms with van der Waals surface area (Å²) < 4.78 is 29.5. The predicted molar refractivity (Wildman–Crippen MR) is 99.7 cm³/mol. The molecule has 6 heteroatoms. The Morgan fingerprint density at radius 3 is 2.78 bits per heavy atom. The Morgan fingerprint density at radius 2 is 1.96 bits per heavy atom. The van der Waals surface area contributed by atoms with E-state index in [2.05, 4.69) is 9.88 Å². The molecule has 1 aliphatic heterocycles. The number of halogens is 2. The van der Waals surface area contributed by atoms with Crippen LogP contribution >= 0.6 is 0 Å². The highest BCUT2D eigenvalue weighted by Crippen LogP contribution is 2.34. The van der Waals surface area contributed by atoms with Gasteiger partial charge in [0.2, 0.25) is 0 Å². The van der Waals surface area contributed by atoms with Crippen LogP contribution in [0.25, 0.3) is 5.69 Å². The molecule has 1 aromatic heterocycles. The van der Waals surface area contributed by atoms with Gasteiger partial charge in [-0.25, -0.2) is 13.6 Å². The zero-order valence-electron chi connectivity index (χ0n) is 14.8. The van der Waals surface area contributed by atoms with E-state index in [0.717, 1.165) is 35.1 Å². The SMILES string of the molecule is CC[C@@H]1c2cccn2-c2ccccc2CN1C(=O)Nc1cc(F)ccc1F. The van der Waals surface area contributed by atoms with Crippen molar-refractivity contribution in [2.75, 3.05) is 5.32 Å². The van der Waals surface area contributed by atoms with Gasteiger partial charge < -0.3 is 14.8 Å². The molecule has 0 bridgehead atoms. The average Bonchev–Trinajstić information content (AvgIpc) is 3.09. The molecule has 138 valence electrons. The molecule has 0 spiro atoms. The van der Waals surface area contributed by atoms with Crippen LogP contribution < -0.4 is 5.32 Å². The van der Waals surface area contributed by atoms with Crippen molar-refractivity contribution in [1.29, 1.82) is 0 Å². The van der Waals surface area contributed by atoms with Crippen LogP contribution in [0.15, 0.2) is 60.8 Å². The summed E-state index contributed by atoms with van der Waals surface area (Å²) in [5.41, 5.74) is 2.82. The van der Waals surface area contributed by atoms with Crippen LogP contribution in [-0.4, -0.2) is 15.5 Å². The summed E-state index contributed by atoms with van der Waals surface area (Å²) in [7, 11) is 0. The average molecular weight is 367 g/mol. The van der Waals surface area contributed by atoms with Crippen molar-refractivity contribution in [1.82, 2.24) is 9.47 Å².